The molecule has 7 heteroatoms. The number of nitrogens with one attached hydrogen (secondary N) is 2. The van der Waals surface area contributed by atoms with Crippen LogP contribution in [0.3, 0.4) is 0 Å². The Balaban J connectivity index is 1.75. The molecule has 0 saturated carbocycles. The Hall–Kier alpha value is -2.08. The highest BCUT2D eigenvalue weighted by molar-refractivity contribution is 6.35. The van der Waals surface area contributed by atoms with Crippen LogP contribution in [0.25, 0.3) is 0 Å². The number of ether oxygens (including phenoxy) is 1. The van der Waals surface area contributed by atoms with Crippen LogP contribution in [0.5, 0.6) is 0 Å². The molecular formula is C19H19Cl2N2O3+. The molecule has 2 aromatic rings. The molecule has 26 heavy (non-hydrogen) atoms. The number of fused-ring (bicyclic) bond motifs is 1. The van der Waals surface area contributed by atoms with Crippen molar-refractivity contribution in [1.29, 1.82) is 0 Å². The molecule has 1 amide bonds. The van der Waals surface area contributed by atoms with E-state index in [4.69, 9.17) is 27.9 Å². The summed E-state index contributed by atoms with van der Waals surface area (Å²) < 4.78 is 4.94. The maximum absolute atomic E-state index is 12.5. The molecular weight excluding hydrogens is 375 g/mol. The van der Waals surface area contributed by atoms with Gasteiger partial charge < -0.3 is 15.0 Å². The van der Waals surface area contributed by atoms with Crippen LogP contribution in [0, 0.1) is 0 Å². The van der Waals surface area contributed by atoms with Crippen molar-refractivity contribution in [3.8, 4) is 0 Å². The lowest BCUT2D eigenvalue weighted by atomic mass is 9.94. The largest absolute Gasteiger partial charge is 0.465 e. The summed E-state index contributed by atoms with van der Waals surface area (Å²) in [5, 5.41) is 3.68. The van der Waals surface area contributed by atoms with E-state index >= 15 is 0 Å². The third-order valence-corrected chi connectivity index (χ3v) is 4.91. The van der Waals surface area contributed by atoms with Gasteiger partial charge in [-0.3, -0.25) is 4.79 Å². The van der Waals surface area contributed by atoms with Gasteiger partial charge in [0.1, 0.15) is 6.54 Å². The number of hydrogen-bond acceptors (Lipinski definition) is 3. The van der Waals surface area contributed by atoms with E-state index in [0.29, 0.717) is 28.7 Å². The number of halogens is 2. The molecule has 1 aliphatic heterocycles. The zero-order valence-electron chi connectivity index (χ0n) is 14.2. The standard InChI is InChI=1S/C19H18Cl2N2O3/c1-26-19(25)17-6-12-4-2-3-5-13(12)10-23(17)11-18(24)22-16-8-14(20)7-15(21)9-16/h2-5,7-9,17H,6,10-11H2,1H3,(H,22,24)/p+1/t17-/m0/s1. The zero-order valence-corrected chi connectivity index (χ0v) is 15.7. The first kappa shape index (κ1) is 18.7. The van der Waals surface area contributed by atoms with Crippen molar-refractivity contribution in [2.75, 3.05) is 19.0 Å². The van der Waals surface area contributed by atoms with Gasteiger partial charge in [-0.2, -0.15) is 0 Å². The lowest BCUT2D eigenvalue weighted by Gasteiger charge is -2.31. The average molecular weight is 394 g/mol. The Bertz CT molecular complexity index is 821. The van der Waals surface area contributed by atoms with Crippen LogP contribution in [0.1, 0.15) is 11.1 Å². The third-order valence-electron chi connectivity index (χ3n) is 4.47. The third kappa shape index (κ3) is 4.36. The fraction of sp³-hybridized carbons (Fsp3) is 0.263. The summed E-state index contributed by atoms with van der Waals surface area (Å²) in [5.74, 6) is -0.528. The highest BCUT2D eigenvalue weighted by Gasteiger charge is 2.37. The second-order valence-electron chi connectivity index (χ2n) is 6.27. The van der Waals surface area contributed by atoms with Gasteiger partial charge in [-0.05, 0) is 23.8 Å². The predicted octanol–water partition coefficient (Wildman–Crippen LogP) is 2.11. The predicted molar refractivity (Wildman–Crippen MR) is 101 cm³/mol. The van der Waals surface area contributed by atoms with E-state index < -0.39 is 6.04 Å². The molecule has 2 atom stereocenters. The second-order valence-corrected chi connectivity index (χ2v) is 7.14. The molecule has 1 heterocycles. The van der Waals surface area contributed by atoms with Crippen molar-refractivity contribution in [3.63, 3.8) is 0 Å². The minimum absolute atomic E-state index is 0.137. The Labute approximate surface area is 161 Å². The van der Waals surface area contributed by atoms with E-state index in [1.54, 1.807) is 18.2 Å². The van der Waals surface area contributed by atoms with Gasteiger partial charge in [0.2, 0.25) is 0 Å². The number of anilines is 1. The molecule has 5 nitrogen and oxygen atoms in total. The summed E-state index contributed by atoms with van der Waals surface area (Å²) in [7, 11) is 1.37. The van der Waals surface area contributed by atoms with Crippen LogP contribution >= 0.6 is 23.2 Å². The van der Waals surface area contributed by atoms with Gasteiger partial charge in [0.25, 0.3) is 5.91 Å². The van der Waals surface area contributed by atoms with Crippen molar-refractivity contribution in [1.82, 2.24) is 0 Å². The summed E-state index contributed by atoms with van der Waals surface area (Å²) >= 11 is 11.9. The zero-order chi connectivity index (χ0) is 18.7. The Morgan fingerprint density at radius 1 is 1.15 bits per heavy atom. The van der Waals surface area contributed by atoms with Crippen molar-refractivity contribution in [3.05, 3.63) is 63.6 Å². The lowest BCUT2D eigenvalue weighted by molar-refractivity contribution is -0.924. The van der Waals surface area contributed by atoms with Crippen LogP contribution in [-0.2, 0) is 27.3 Å². The first-order valence-electron chi connectivity index (χ1n) is 8.21. The first-order valence-corrected chi connectivity index (χ1v) is 8.97. The number of rotatable bonds is 4. The second kappa shape index (κ2) is 8.08. The number of quaternary nitrogens is 1. The highest BCUT2D eigenvalue weighted by Crippen LogP contribution is 2.22. The number of carbonyl (C=O) groups is 2. The fourth-order valence-electron chi connectivity index (χ4n) is 3.28. The molecule has 0 aromatic heterocycles. The van der Waals surface area contributed by atoms with Gasteiger partial charge in [-0.1, -0.05) is 47.5 Å². The molecule has 2 N–H and O–H groups in total. The van der Waals surface area contributed by atoms with Crippen molar-refractivity contribution < 1.29 is 19.2 Å². The average Bonchev–Trinajstić information content (AvgIpc) is 2.59. The summed E-state index contributed by atoms with van der Waals surface area (Å²) in [5.41, 5.74) is 2.79. The summed E-state index contributed by atoms with van der Waals surface area (Å²) in [6.07, 6.45) is 0.550. The van der Waals surface area contributed by atoms with Gasteiger partial charge in [-0.25, -0.2) is 4.79 Å². The van der Waals surface area contributed by atoms with Gasteiger partial charge in [0.05, 0.1) is 7.11 Å². The van der Waals surface area contributed by atoms with Gasteiger partial charge in [0.15, 0.2) is 12.6 Å². The SMILES string of the molecule is COC(=O)[C@@H]1Cc2ccccc2C[NH+]1CC(=O)Nc1cc(Cl)cc(Cl)c1. The number of carbonyl (C=O) groups excluding carboxylic acids is 2. The van der Waals surface area contributed by atoms with Gasteiger partial charge >= 0.3 is 5.97 Å². The number of hydrogen-bond donors (Lipinski definition) is 2. The van der Waals surface area contributed by atoms with E-state index in [1.165, 1.54) is 7.11 Å². The van der Waals surface area contributed by atoms with Crippen LogP contribution in [0.15, 0.2) is 42.5 Å². The molecule has 136 valence electrons. The molecule has 0 radical (unpaired) electrons. The van der Waals surface area contributed by atoms with Gasteiger partial charge in [-0.15, -0.1) is 0 Å². The fourth-order valence-corrected chi connectivity index (χ4v) is 3.80. The number of amides is 1. The quantitative estimate of drug-likeness (QED) is 0.782. The van der Waals surface area contributed by atoms with E-state index in [1.807, 2.05) is 24.3 Å². The maximum Gasteiger partial charge on any atom is 0.365 e. The number of methoxy groups -OCH3 is 1. The molecule has 0 bridgehead atoms. The van der Waals surface area contributed by atoms with Crippen LogP contribution < -0.4 is 10.2 Å². The number of benzene rings is 2. The summed E-state index contributed by atoms with van der Waals surface area (Å²) in [6, 6.07) is 12.4. The van der Waals surface area contributed by atoms with Crippen molar-refractivity contribution >= 4 is 40.8 Å². The van der Waals surface area contributed by atoms with Crippen molar-refractivity contribution in [2.24, 2.45) is 0 Å². The monoisotopic (exact) mass is 393 g/mol. The topological polar surface area (TPSA) is 59.8 Å². The minimum atomic E-state index is -0.413. The maximum atomic E-state index is 12.5. The molecule has 0 aliphatic carbocycles. The molecule has 0 saturated heterocycles. The molecule has 0 spiro atoms. The van der Waals surface area contributed by atoms with E-state index in [-0.39, 0.29) is 18.4 Å². The van der Waals surface area contributed by atoms with Gasteiger partial charge in [0, 0.05) is 27.7 Å². The number of esters is 1. The van der Waals surface area contributed by atoms with Crippen molar-refractivity contribution in [2.45, 2.75) is 19.0 Å². The van der Waals surface area contributed by atoms with Crippen LogP contribution in [0.2, 0.25) is 10.0 Å². The van der Waals surface area contributed by atoms with E-state index in [0.717, 1.165) is 16.0 Å². The minimum Gasteiger partial charge on any atom is -0.465 e. The first-order chi connectivity index (χ1) is 12.5. The molecule has 0 fully saturated rings. The molecule has 3 rings (SSSR count). The Morgan fingerprint density at radius 3 is 2.46 bits per heavy atom. The highest BCUT2D eigenvalue weighted by atomic mass is 35.5. The smallest absolute Gasteiger partial charge is 0.365 e. The van der Waals surface area contributed by atoms with E-state index in [9.17, 15) is 9.59 Å². The molecule has 2 aromatic carbocycles. The summed E-state index contributed by atoms with van der Waals surface area (Å²) in [6.45, 7) is 0.720. The lowest BCUT2D eigenvalue weighted by Crippen LogP contribution is -3.17. The summed E-state index contributed by atoms with van der Waals surface area (Å²) in [4.78, 5) is 25.6. The van der Waals surface area contributed by atoms with Crippen LogP contribution in [-0.4, -0.2) is 31.6 Å². The Kier molecular flexibility index (Phi) is 5.81. The molecule has 1 aliphatic rings. The van der Waals surface area contributed by atoms with E-state index in [2.05, 4.69) is 5.32 Å². The normalized spacial score (nSPS) is 18.7. The van der Waals surface area contributed by atoms with Crippen LogP contribution in [0.4, 0.5) is 5.69 Å². The molecule has 1 unspecified atom stereocenters. The Morgan fingerprint density at radius 2 is 1.81 bits per heavy atom.